The smallest absolute Gasteiger partial charge is 0.410 e. The number of carbonyl (C=O) groups excluding carboxylic acids is 2. The Bertz CT molecular complexity index is 1050. The Labute approximate surface area is 226 Å². The first-order chi connectivity index (χ1) is 18.6. The van der Waals surface area contributed by atoms with Gasteiger partial charge < -0.3 is 20.1 Å². The Kier molecular flexibility index (Phi) is 9.00. The van der Waals surface area contributed by atoms with Crippen molar-refractivity contribution in [2.45, 2.75) is 101 Å². The van der Waals surface area contributed by atoms with Crippen LogP contribution in [0, 0.1) is 5.92 Å². The molecule has 6 heteroatoms. The number of ether oxygens (including phenoxy) is 1. The van der Waals surface area contributed by atoms with Crippen molar-refractivity contribution in [3.8, 4) is 0 Å². The third-order valence-electron chi connectivity index (χ3n) is 8.61. The van der Waals surface area contributed by atoms with Crippen LogP contribution in [-0.2, 0) is 16.1 Å². The van der Waals surface area contributed by atoms with Crippen molar-refractivity contribution in [3.05, 3.63) is 71.3 Å². The summed E-state index contributed by atoms with van der Waals surface area (Å²) in [5.41, 5.74) is 3.20. The van der Waals surface area contributed by atoms with E-state index in [0.717, 1.165) is 75.3 Å². The SMILES string of the molecule is O=C(N[C@@H](CO)c1ccccc1)[C@H]1CCCC[C@@H]1c1ccc(CN(C(=O)OC2CCCCC2)C2CC2)cc1. The number of nitrogens with one attached hydrogen (secondary N) is 1. The maximum Gasteiger partial charge on any atom is 0.410 e. The van der Waals surface area contributed by atoms with E-state index in [1.54, 1.807) is 0 Å². The van der Waals surface area contributed by atoms with Gasteiger partial charge in [0.1, 0.15) is 6.10 Å². The molecule has 38 heavy (non-hydrogen) atoms. The lowest BCUT2D eigenvalue weighted by Crippen LogP contribution is -2.39. The molecule has 204 valence electrons. The number of hydrogen-bond acceptors (Lipinski definition) is 4. The third kappa shape index (κ3) is 6.76. The second-order valence-electron chi connectivity index (χ2n) is 11.4. The Morgan fingerprint density at radius 3 is 2.24 bits per heavy atom. The first-order valence-electron chi connectivity index (χ1n) is 14.6. The van der Waals surface area contributed by atoms with Crippen LogP contribution in [0.3, 0.4) is 0 Å². The Morgan fingerprint density at radius 2 is 1.55 bits per heavy atom. The molecule has 5 rings (SSSR count). The van der Waals surface area contributed by atoms with Crippen molar-refractivity contribution in [1.82, 2.24) is 10.2 Å². The average Bonchev–Trinajstić information content (AvgIpc) is 3.81. The quantitative estimate of drug-likeness (QED) is 0.412. The second kappa shape index (κ2) is 12.8. The summed E-state index contributed by atoms with van der Waals surface area (Å²) < 4.78 is 5.88. The van der Waals surface area contributed by atoms with Crippen LogP contribution in [0.1, 0.15) is 99.3 Å². The van der Waals surface area contributed by atoms with E-state index in [1.807, 2.05) is 35.2 Å². The molecule has 3 aliphatic rings. The number of rotatable bonds is 9. The number of amides is 2. The van der Waals surface area contributed by atoms with Gasteiger partial charge in [0.2, 0.25) is 5.91 Å². The van der Waals surface area contributed by atoms with E-state index in [-0.39, 0.29) is 36.5 Å². The molecular weight excluding hydrogens is 476 g/mol. The predicted octanol–water partition coefficient (Wildman–Crippen LogP) is 6.24. The number of aliphatic hydroxyl groups is 1. The minimum absolute atomic E-state index is 0.0204. The molecule has 0 unspecified atom stereocenters. The zero-order chi connectivity index (χ0) is 26.3. The molecular formula is C32H42N2O4. The fourth-order valence-electron chi connectivity index (χ4n) is 6.23. The minimum Gasteiger partial charge on any atom is -0.446 e. The Balaban J connectivity index is 1.22. The molecule has 0 aliphatic heterocycles. The average molecular weight is 519 g/mol. The molecule has 0 saturated heterocycles. The molecule has 2 aromatic rings. The summed E-state index contributed by atoms with van der Waals surface area (Å²) in [6.45, 7) is 0.447. The normalized spacial score (nSPS) is 22.9. The van der Waals surface area contributed by atoms with Crippen LogP contribution in [0.15, 0.2) is 54.6 Å². The van der Waals surface area contributed by atoms with Gasteiger partial charge >= 0.3 is 6.09 Å². The highest BCUT2D eigenvalue weighted by atomic mass is 16.6. The highest BCUT2D eigenvalue weighted by Crippen LogP contribution is 2.39. The van der Waals surface area contributed by atoms with Gasteiger partial charge in [-0.1, -0.05) is 73.9 Å². The summed E-state index contributed by atoms with van der Waals surface area (Å²) in [4.78, 5) is 28.3. The largest absolute Gasteiger partial charge is 0.446 e. The van der Waals surface area contributed by atoms with Crippen molar-refractivity contribution in [2.24, 2.45) is 5.92 Å². The topological polar surface area (TPSA) is 78.9 Å². The van der Waals surface area contributed by atoms with Gasteiger partial charge in [-0.25, -0.2) is 4.79 Å². The number of nitrogens with zero attached hydrogens (tertiary/aromatic N) is 1. The maximum atomic E-state index is 13.4. The molecule has 2 amide bonds. The van der Waals surface area contributed by atoms with Crippen LogP contribution in [0.4, 0.5) is 4.79 Å². The molecule has 0 heterocycles. The van der Waals surface area contributed by atoms with Gasteiger partial charge in [-0.05, 0) is 74.0 Å². The number of aliphatic hydroxyl groups excluding tert-OH is 1. The molecule has 3 saturated carbocycles. The molecule has 0 radical (unpaired) electrons. The molecule has 0 aromatic heterocycles. The van der Waals surface area contributed by atoms with Gasteiger partial charge in [0.15, 0.2) is 0 Å². The predicted molar refractivity (Wildman–Crippen MR) is 147 cm³/mol. The monoisotopic (exact) mass is 518 g/mol. The van der Waals surface area contributed by atoms with Crippen LogP contribution in [0.2, 0.25) is 0 Å². The van der Waals surface area contributed by atoms with Crippen LogP contribution >= 0.6 is 0 Å². The standard InChI is InChI=1S/C32H42N2O4/c35-22-30(25-9-3-1-4-10-25)33-31(36)29-14-8-7-13-28(29)24-17-15-23(16-18-24)21-34(26-19-20-26)32(37)38-27-11-5-2-6-12-27/h1,3-4,9-10,15-18,26-30,35H,2,5-8,11-14,19-22H2,(H,33,36)/t28-,29+,30+/m1/s1. The molecule has 2 N–H and O–H groups in total. The summed E-state index contributed by atoms with van der Waals surface area (Å²) in [6, 6.07) is 18.1. The van der Waals surface area contributed by atoms with Crippen LogP contribution in [0.5, 0.6) is 0 Å². The first kappa shape index (κ1) is 26.7. The van der Waals surface area contributed by atoms with Crippen LogP contribution < -0.4 is 5.32 Å². The van der Waals surface area contributed by atoms with Gasteiger partial charge in [-0.3, -0.25) is 4.79 Å². The molecule has 3 fully saturated rings. The fourth-order valence-corrected chi connectivity index (χ4v) is 6.23. The van der Waals surface area contributed by atoms with Crippen molar-refractivity contribution >= 4 is 12.0 Å². The summed E-state index contributed by atoms with van der Waals surface area (Å²) >= 11 is 0. The molecule has 3 aliphatic carbocycles. The van der Waals surface area contributed by atoms with E-state index in [1.165, 1.54) is 12.0 Å². The molecule has 2 aromatic carbocycles. The maximum absolute atomic E-state index is 13.4. The number of benzene rings is 2. The van der Waals surface area contributed by atoms with Gasteiger partial charge in [0.05, 0.1) is 12.6 Å². The van der Waals surface area contributed by atoms with E-state index in [0.29, 0.717) is 12.6 Å². The van der Waals surface area contributed by atoms with Gasteiger partial charge in [-0.15, -0.1) is 0 Å². The lowest BCUT2D eigenvalue weighted by Gasteiger charge is -2.32. The zero-order valence-electron chi connectivity index (χ0n) is 22.4. The summed E-state index contributed by atoms with van der Waals surface area (Å²) in [5, 5.41) is 13.0. The van der Waals surface area contributed by atoms with Crippen molar-refractivity contribution in [1.29, 1.82) is 0 Å². The Hall–Kier alpha value is -2.86. The van der Waals surface area contributed by atoms with Crippen molar-refractivity contribution in [2.75, 3.05) is 6.61 Å². The Morgan fingerprint density at radius 1 is 0.868 bits per heavy atom. The van der Waals surface area contributed by atoms with Crippen molar-refractivity contribution in [3.63, 3.8) is 0 Å². The molecule has 6 nitrogen and oxygen atoms in total. The minimum atomic E-state index is -0.393. The van der Waals surface area contributed by atoms with E-state index in [9.17, 15) is 14.7 Å². The second-order valence-corrected chi connectivity index (χ2v) is 11.4. The fraction of sp³-hybridized carbons (Fsp3) is 0.562. The third-order valence-corrected chi connectivity index (χ3v) is 8.61. The zero-order valence-corrected chi connectivity index (χ0v) is 22.4. The summed E-state index contributed by atoms with van der Waals surface area (Å²) in [6.07, 6.45) is 11.5. The van der Waals surface area contributed by atoms with E-state index in [2.05, 4.69) is 29.6 Å². The number of hydrogen-bond donors (Lipinski definition) is 2. The van der Waals surface area contributed by atoms with E-state index < -0.39 is 6.04 Å². The highest BCUT2D eigenvalue weighted by Gasteiger charge is 2.36. The molecule has 0 spiro atoms. The van der Waals surface area contributed by atoms with E-state index in [4.69, 9.17) is 4.74 Å². The lowest BCUT2D eigenvalue weighted by molar-refractivity contribution is -0.127. The van der Waals surface area contributed by atoms with Crippen molar-refractivity contribution < 1.29 is 19.4 Å². The van der Waals surface area contributed by atoms with Crippen LogP contribution in [0.25, 0.3) is 0 Å². The van der Waals surface area contributed by atoms with Gasteiger partial charge in [0, 0.05) is 18.5 Å². The van der Waals surface area contributed by atoms with Crippen LogP contribution in [-0.4, -0.2) is 40.8 Å². The van der Waals surface area contributed by atoms with Gasteiger partial charge in [0.25, 0.3) is 0 Å². The van der Waals surface area contributed by atoms with E-state index >= 15 is 0 Å². The summed E-state index contributed by atoms with van der Waals surface area (Å²) in [5.74, 6) is 0.0663. The first-order valence-corrected chi connectivity index (χ1v) is 14.6. The molecule has 3 atom stereocenters. The number of carbonyl (C=O) groups is 2. The van der Waals surface area contributed by atoms with Gasteiger partial charge in [-0.2, -0.15) is 0 Å². The highest BCUT2D eigenvalue weighted by molar-refractivity contribution is 5.80. The molecule has 0 bridgehead atoms. The summed E-state index contributed by atoms with van der Waals surface area (Å²) in [7, 11) is 0. The lowest BCUT2D eigenvalue weighted by atomic mass is 9.74.